The number of para-hydroxylation sites is 1. The summed E-state index contributed by atoms with van der Waals surface area (Å²) in [6, 6.07) is 13.3. The quantitative estimate of drug-likeness (QED) is 0.694. The summed E-state index contributed by atoms with van der Waals surface area (Å²) in [5.74, 6) is -0.00947. The lowest BCUT2D eigenvalue weighted by Crippen LogP contribution is -2.41. The zero-order valence-corrected chi connectivity index (χ0v) is 13.8. The lowest BCUT2D eigenvalue weighted by molar-refractivity contribution is -0.133. The first kappa shape index (κ1) is 16.1. The molecule has 2 aromatic rings. The molecule has 5 nitrogen and oxygen atoms in total. The molecule has 3 rings (SSSR count). The van der Waals surface area contributed by atoms with E-state index in [4.69, 9.17) is 4.74 Å². The van der Waals surface area contributed by atoms with E-state index in [-0.39, 0.29) is 25.0 Å². The molecule has 1 aliphatic rings. The van der Waals surface area contributed by atoms with Crippen LogP contribution in [0.1, 0.15) is 18.1 Å². The highest BCUT2D eigenvalue weighted by atomic mass is 16.5. The van der Waals surface area contributed by atoms with Gasteiger partial charge in [0.1, 0.15) is 6.54 Å². The average Bonchev–Trinajstić information content (AvgIpc) is 2.56. The number of carbonyl (C=O) groups excluding carboxylic acids is 2. The number of amides is 1. The predicted molar refractivity (Wildman–Crippen MR) is 93.5 cm³/mol. The maximum Gasteiger partial charge on any atom is 0.331 e. The van der Waals surface area contributed by atoms with Gasteiger partial charge in [-0.2, -0.15) is 0 Å². The molecule has 0 radical (unpaired) electrons. The van der Waals surface area contributed by atoms with Gasteiger partial charge in [0, 0.05) is 5.69 Å². The number of hydrogen-bond acceptors (Lipinski definition) is 4. The third-order valence-electron chi connectivity index (χ3n) is 4.01. The summed E-state index contributed by atoms with van der Waals surface area (Å²) < 4.78 is 5.24. The molecular weight excluding hydrogens is 304 g/mol. The van der Waals surface area contributed by atoms with Gasteiger partial charge in [-0.25, -0.2) is 4.79 Å². The van der Waals surface area contributed by atoms with Gasteiger partial charge in [-0.3, -0.25) is 4.79 Å². The number of benzene rings is 2. The number of esters is 1. The Kier molecular flexibility index (Phi) is 4.51. The molecule has 0 spiro atoms. The first-order valence-corrected chi connectivity index (χ1v) is 8.01. The molecule has 1 amide bonds. The maximum atomic E-state index is 12.4. The van der Waals surface area contributed by atoms with E-state index in [1.165, 1.54) is 0 Å². The van der Waals surface area contributed by atoms with E-state index < -0.39 is 0 Å². The van der Waals surface area contributed by atoms with Gasteiger partial charge in [0.2, 0.25) is 5.91 Å². The molecule has 1 N–H and O–H groups in total. The fourth-order valence-corrected chi connectivity index (χ4v) is 2.81. The summed E-state index contributed by atoms with van der Waals surface area (Å²) in [6.07, 6.45) is 0.842. The molecule has 0 saturated heterocycles. The Bertz CT molecular complexity index is 786. The minimum Gasteiger partial charge on any atom is -0.423 e. The average molecular weight is 324 g/mol. The number of ether oxygens (including phenoxy) is 1. The van der Waals surface area contributed by atoms with Crippen molar-refractivity contribution in [1.29, 1.82) is 0 Å². The van der Waals surface area contributed by atoms with Crippen LogP contribution in [0.2, 0.25) is 0 Å². The highest BCUT2D eigenvalue weighted by molar-refractivity contribution is 5.96. The number of rotatable bonds is 4. The zero-order valence-electron chi connectivity index (χ0n) is 13.8. The lowest BCUT2D eigenvalue weighted by Gasteiger charge is -2.29. The smallest absolute Gasteiger partial charge is 0.331 e. The first-order chi connectivity index (χ1) is 11.6. The molecule has 0 atom stereocenters. The van der Waals surface area contributed by atoms with Crippen LogP contribution in [0.25, 0.3) is 0 Å². The third kappa shape index (κ3) is 3.40. The highest BCUT2D eigenvalue weighted by Crippen LogP contribution is 2.32. The molecule has 0 saturated carbocycles. The van der Waals surface area contributed by atoms with Crippen molar-refractivity contribution in [3.05, 3.63) is 53.6 Å². The zero-order chi connectivity index (χ0) is 17.1. The number of carbonyl (C=O) groups is 2. The molecule has 5 heteroatoms. The van der Waals surface area contributed by atoms with Crippen LogP contribution in [-0.2, 0) is 16.0 Å². The van der Waals surface area contributed by atoms with Crippen LogP contribution in [0.4, 0.5) is 11.4 Å². The second-order valence-corrected chi connectivity index (χ2v) is 5.86. The second kappa shape index (κ2) is 6.74. The van der Waals surface area contributed by atoms with Crippen LogP contribution in [0.15, 0.2) is 42.5 Å². The molecule has 1 heterocycles. The van der Waals surface area contributed by atoms with Crippen molar-refractivity contribution in [2.24, 2.45) is 0 Å². The number of fused-ring (bicyclic) bond motifs is 1. The summed E-state index contributed by atoms with van der Waals surface area (Å²) in [7, 11) is 0. The summed E-state index contributed by atoms with van der Waals surface area (Å²) in [6.45, 7) is 4.18. The van der Waals surface area contributed by atoms with E-state index in [2.05, 4.69) is 5.32 Å². The third-order valence-corrected chi connectivity index (χ3v) is 4.01. The van der Waals surface area contributed by atoms with E-state index >= 15 is 0 Å². The van der Waals surface area contributed by atoms with Gasteiger partial charge in [-0.05, 0) is 42.7 Å². The van der Waals surface area contributed by atoms with E-state index in [0.717, 1.165) is 28.9 Å². The molecule has 0 fully saturated rings. The number of hydrogen-bond donors (Lipinski definition) is 1. The van der Waals surface area contributed by atoms with Gasteiger partial charge < -0.3 is 15.0 Å². The monoisotopic (exact) mass is 324 g/mol. The number of anilines is 2. The van der Waals surface area contributed by atoms with E-state index in [1.807, 2.05) is 50.2 Å². The first-order valence-electron chi connectivity index (χ1n) is 8.01. The van der Waals surface area contributed by atoms with Crippen LogP contribution in [0.3, 0.4) is 0 Å². The molecule has 0 aromatic heterocycles. The fourth-order valence-electron chi connectivity index (χ4n) is 2.81. The van der Waals surface area contributed by atoms with Crippen molar-refractivity contribution in [3.8, 4) is 5.75 Å². The molecular formula is C19H20N2O3. The predicted octanol–water partition coefficient (Wildman–Crippen LogP) is 2.92. The van der Waals surface area contributed by atoms with Gasteiger partial charge >= 0.3 is 5.97 Å². The Morgan fingerprint density at radius 2 is 2.04 bits per heavy atom. The van der Waals surface area contributed by atoms with Gasteiger partial charge in [-0.15, -0.1) is 0 Å². The Labute approximate surface area is 141 Å². The van der Waals surface area contributed by atoms with Gasteiger partial charge in [0.25, 0.3) is 0 Å². The molecule has 0 bridgehead atoms. The molecule has 24 heavy (non-hydrogen) atoms. The van der Waals surface area contributed by atoms with Crippen molar-refractivity contribution in [1.82, 2.24) is 0 Å². The summed E-state index contributed by atoms with van der Waals surface area (Å²) in [4.78, 5) is 26.0. The molecule has 124 valence electrons. The summed E-state index contributed by atoms with van der Waals surface area (Å²) >= 11 is 0. The van der Waals surface area contributed by atoms with Crippen molar-refractivity contribution in [2.45, 2.75) is 20.3 Å². The Hall–Kier alpha value is -2.82. The topological polar surface area (TPSA) is 58.6 Å². The van der Waals surface area contributed by atoms with E-state index in [1.54, 1.807) is 11.0 Å². The van der Waals surface area contributed by atoms with E-state index in [0.29, 0.717) is 5.75 Å². The lowest BCUT2D eigenvalue weighted by atomic mass is 10.1. The fraction of sp³-hybridized carbons (Fsp3) is 0.263. The van der Waals surface area contributed by atoms with Crippen molar-refractivity contribution in [3.63, 3.8) is 0 Å². The van der Waals surface area contributed by atoms with Crippen LogP contribution in [0, 0.1) is 6.92 Å². The molecule has 2 aromatic carbocycles. The van der Waals surface area contributed by atoms with Crippen molar-refractivity contribution >= 4 is 23.3 Å². The molecule has 0 aliphatic carbocycles. The maximum absolute atomic E-state index is 12.4. The second-order valence-electron chi connectivity index (χ2n) is 5.86. The minimum absolute atomic E-state index is 0.0687. The molecule has 1 aliphatic heterocycles. The minimum atomic E-state index is -0.354. The Balaban J connectivity index is 1.77. The van der Waals surface area contributed by atoms with Crippen LogP contribution in [0.5, 0.6) is 5.75 Å². The van der Waals surface area contributed by atoms with Gasteiger partial charge in [-0.1, -0.05) is 31.2 Å². The largest absolute Gasteiger partial charge is 0.423 e. The van der Waals surface area contributed by atoms with Crippen molar-refractivity contribution < 1.29 is 14.3 Å². The highest BCUT2D eigenvalue weighted by Gasteiger charge is 2.25. The van der Waals surface area contributed by atoms with Crippen LogP contribution in [-0.4, -0.2) is 25.0 Å². The Morgan fingerprint density at radius 3 is 2.83 bits per heavy atom. The van der Waals surface area contributed by atoms with Crippen molar-refractivity contribution in [2.75, 3.05) is 23.3 Å². The molecule has 0 unspecified atom stereocenters. The number of nitrogens with one attached hydrogen (secondary N) is 1. The number of aryl methyl sites for hydroxylation is 2. The summed E-state index contributed by atoms with van der Waals surface area (Å²) in [5.41, 5.74) is 3.72. The normalized spacial score (nSPS) is 13.2. The van der Waals surface area contributed by atoms with Gasteiger partial charge in [0.15, 0.2) is 5.75 Å². The Morgan fingerprint density at radius 1 is 1.25 bits per heavy atom. The van der Waals surface area contributed by atoms with Crippen LogP contribution < -0.4 is 15.0 Å². The van der Waals surface area contributed by atoms with Gasteiger partial charge in [0.05, 0.1) is 12.2 Å². The summed E-state index contributed by atoms with van der Waals surface area (Å²) in [5, 5.41) is 2.94. The number of nitrogens with zero attached hydrogens (tertiary/aromatic N) is 1. The van der Waals surface area contributed by atoms with E-state index in [9.17, 15) is 9.59 Å². The van der Waals surface area contributed by atoms with Crippen LogP contribution >= 0.6 is 0 Å². The standard InChI is InChI=1S/C19H20N2O3/c1-3-14-6-4-5-7-15(14)20-18(22)11-21-12-19(23)24-17-9-8-13(2)10-16(17)21/h4-10H,3,11-12H2,1-2H3,(H,20,22). The SMILES string of the molecule is CCc1ccccc1NC(=O)CN1CC(=O)Oc2ccc(C)cc21.